The minimum absolute atomic E-state index is 0.174. The summed E-state index contributed by atoms with van der Waals surface area (Å²) in [6.07, 6.45) is 5.51. The third kappa shape index (κ3) is 3.78. The van der Waals surface area contributed by atoms with Crippen molar-refractivity contribution >= 4 is 27.6 Å². The number of nitrogens with one attached hydrogen (secondary N) is 2. The SMILES string of the molecule is C[S@](=O)C1(CNC(=O)NCCc2ccc3ccccc3c2)CCC1. The third-order valence-electron chi connectivity index (χ3n) is 4.96. The van der Waals surface area contributed by atoms with Crippen LogP contribution in [0.2, 0.25) is 0 Å². The molecule has 1 aliphatic rings. The number of fused-ring (bicyclic) bond motifs is 1. The fourth-order valence-corrected chi connectivity index (χ4v) is 4.29. The number of urea groups is 1. The first-order valence-electron chi connectivity index (χ1n) is 8.42. The van der Waals surface area contributed by atoms with E-state index in [4.69, 9.17) is 0 Å². The maximum Gasteiger partial charge on any atom is 0.314 e. The average Bonchev–Trinajstić information content (AvgIpc) is 2.53. The van der Waals surface area contributed by atoms with Crippen molar-refractivity contribution in [3.05, 3.63) is 48.0 Å². The van der Waals surface area contributed by atoms with Gasteiger partial charge in [-0.2, -0.15) is 0 Å². The van der Waals surface area contributed by atoms with E-state index in [9.17, 15) is 9.00 Å². The molecule has 0 unspecified atom stereocenters. The van der Waals surface area contributed by atoms with Crippen molar-refractivity contribution in [3.63, 3.8) is 0 Å². The molecular formula is C19H24N2O2S. The molecule has 0 aromatic heterocycles. The highest BCUT2D eigenvalue weighted by atomic mass is 32.2. The van der Waals surface area contributed by atoms with Gasteiger partial charge in [0.1, 0.15) is 0 Å². The molecule has 2 aromatic rings. The highest BCUT2D eigenvalue weighted by Crippen LogP contribution is 2.36. The Bertz CT molecular complexity index is 756. The Morgan fingerprint density at radius 3 is 2.54 bits per heavy atom. The number of rotatable bonds is 6. The molecule has 0 heterocycles. The summed E-state index contributed by atoms with van der Waals surface area (Å²) in [5.74, 6) is 0. The summed E-state index contributed by atoms with van der Waals surface area (Å²) in [5.41, 5.74) is 1.21. The molecule has 0 saturated heterocycles. The summed E-state index contributed by atoms with van der Waals surface area (Å²) in [4.78, 5) is 11.9. The molecular weight excluding hydrogens is 320 g/mol. The highest BCUT2D eigenvalue weighted by Gasteiger charge is 2.40. The first kappa shape index (κ1) is 17.0. The highest BCUT2D eigenvalue weighted by molar-refractivity contribution is 7.85. The molecule has 1 atom stereocenters. The standard InChI is InChI=1S/C19H24N2O2S/c1-24(23)19(10-4-11-19)14-21-18(22)20-12-9-15-7-8-16-5-2-3-6-17(16)13-15/h2-3,5-8,13H,4,9-12,14H2,1H3,(H2,20,21,22)/t24-/m0/s1. The van der Waals surface area contributed by atoms with Crippen LogP contribution in [-0.2, 0) is 17.2 Å². The van der Waals surface area contributed by atoms with E-state index in [1.165, 1.54) is 16.3 Å². The van der Waals surface area contributed by atoms with Crippen molar-refractivity contribution in [1.82, 2.24) is 10.6 Å². The first-order valence-corrected chi connectivity index (χ1v) is 9.98. The molecule has 2 amide bonds. The molecule has 2 N–H and O–H groups in total. The van der Waals surface area contributed by atoms with Crippen LogP contribution in [0.25, 0.3) is 10.8 Å². The topological polar surface area (TPSA) is 58.2 Å². The smallest absolute Gasteiger partial charge is 0.314 e. The van der Waals surface area contributed by atoms with Crippen molar-refractivity contribution in [1.29, 1.82) is 0 Å². The lowest BCUT2D eigenvalue weighted by Crippen LogP contribution is -2.52. The second-order valence-electron chi connectivity index (χ2n) is 6.53. The van der Waals surface area contributed by atoms with Crippen molar-refractivity contribution in [2.45, 2.75) is 30.4 Å². The van der Waals surface area contributed by atoms with Crippen molar-refractivity contribution < 1.29 is 9.00 Å². The van der Waals surface area contributed by atoms with Crippen LogP contribution in [0.1, 0.15) is 24.8 Å². The normalized spacial score (nSPS) is 17.0. The van der Waals surface area contributed by atoms with Gasteiger partial charge in [-0.05, 0) is 35.6 Å². The predicted molar refractivity (Wildman–Crippen MR) is 99.7 cm³/mol. The minimum atomic E-state index is -0.890. The summed E-state index contributed by atoms with van der Waals surface area (Å²) in [5, 5.41) is 8.22. The van der Waals surface area contributed by atoms with Crippen LogP contribution in [0, 0.1) is 0 Å². The second kappa shape index (κ2) is 7.34. The number of hydrogen-bond acceptors (Lipinski definition) is 2. The Labute approximate surface area is 145 Å². The monoisotopic (exact) mass is 344 g/mol. The van der Waals surface area contributed by atoms with Gasteiger partial charge in [0.05, 0.1) is 4.75 Å². The molecule has 1 aliphatic carbocycles. The summed E-state index contributed by atoms with van der Waals surface area (Å²) in [7, 11) is -0.890. The zero-order valence-corrected chi connectivity index (χ0v) is 14.8. The summed E-state index contributed by atoms with van der Waals surface area (Å²) in [6, 6.07) is 14.5. The molecule has 5 heteroatoms. The van der Waals surface area contributed by atoms with Gasteiger partial charge in [0, 0.05) is 30.1 Å². The molecule has 4 nitrogen and oxygen atoms in total. The molecule has 1 saturated carbocycles. The molecule has 1 fully saturated rings. The van der Waals surface area contributed by atoms with Crippen LogP contribution >= 0.6 is 0 Å². The van der Waals surface area contributed by atoms with Gasteiger partial charge in [0.25, 0.3) is 0 Å². The lowest BCUT2D eigenvalue weighted by atomic mass is 9.84. The maximum atomic E-state index is 11.9. The summed E-state index contributed by atoms with van der Waals surface area (Å²) >= 11 is 0. The van der Waals surface area contributed by atoms with E-state index in [-0.39, 0.29) is 10.8 Å². The van der Waals surface area contributed by atoms with E-state index in [0.29, 0.717) is 13.1 Å². The first-order chi connectivity index (χ1) is 11.6. The second-order valence-corrected chi connectivity index (χ2v) is 8.31. The summed E-state index contributed by atoms with van der Waals surface area (Å²) in [6.45, 7) is 1.09. The molecule has 24 heavy (non-hydrogen) atoms. The summed E-state index contributed by atoms with van der Waals surface area (Å²) < 4.78 is 11.6. The Morgan fingerprint density at radius 1 is 1.12 bits per heavy atom. The van der Waals surface area contributed by atoms with Gasteiger partial charge in [-0.3, -0.25) is 4.21 Å². The zero-order chi connectivity index (χ0) is 17.0. The average molecular weight is 344 g/mol. The van der Waals surface area contributed by atoms with Gasteiger partial charge in [-0.25, -0.2) is 4.79 Å². The van der Waals surface area contributed by atoms with E-state index >= 15 is 0 Å². The van der Waals surface area contributed by atoms with Crippen LogP contribution in [0.5, 0.6) is 0 Å². The molecule has 2 aromatic carbocycles. The van der Waals surface area contributed by atoms with Crippen molar-refractivity contribution in [2.24, 2.45) is 0 Å². The lowest BCUT2D eigenvalue weighted by Gasteiger charge is -2.39. The van der Waals surface area contributed by atoms with E-state index < -0.39 is 10.8 Å². The van der Waals surface area contributed by atoms with E-state index in [1.807, 2.05) is 12.1 Å². The van der Waals surface area contributed by atoms with Crippen LogP contribution in [0.15, 0.2) is 42.5 Å². The molecule has 0 radical (unpaired) electrons. The Morgan fingerprint density at radius 2 is 1.88 bits per heavy atom. The lowest BCUT2D eigenvalue weighted by molar-refractivity contribution is 0.236. The molecule has 0 bridgehead atoms. The largest absolute Gasteiger partial charge is 0.338 e. The fourth-order valence-electron chi connectivity index (χ4n) is 3.16. The Kier molecular flexibility index (Phi) is 5.19. The van der Waals surface area contributed by atoms with Crippen LogP contribution < -0.4 is 10.6 Å². The van der Waals surface area contributed by atoms with Gasteiger partial charge in [-0.15, -0.1) is 0 Å². The number of carbonyl (C=O) groups excluding carboxylic acids is 1. The number of amides is 2. The fraction of sp³-hybridized carbons (Fsp3) is 0.421. The molecule has 0 spiro atoms. The van der Waals surface area contributed by atoms with Crippen LogP contribution in [-0.4, -0.2) is 34.3 Å². The maximum absolute atomic E-state index is 11.9. The van der Waals surface area contributed by atoms with Gasteiger partial charge < -0.3 is 10.6 Å². The van der Waals surface area contributed by atoms with Crippen molar-refractivity contribution in [3.8, 4) is 0 Å². The molecule has 128 valence electrons. The quantitative estimate of drug-likeness (QED) is 0.846. The van der Waals surface area contributed by atoms with Gasteiger partial charge in [0.2, 0.25) is 0 Å². The molecule has 0 aliphatic heterocycles. The molecule has 3 rings (SSSR count). The van der Waals surface area contributed by atoms with E-state index in [2.05, 4.69) is 41.0 Å². The van der Waals surface area contributed by atoms with Gasteiger partial charge in [0.15, 0.2) is 0 Å². The minimum Gasteiger partial charge on any atom is -0.338 e. The van der Waals surface area contributed by atoms with Gasteiger partial charge >= 0.3 is 6.03 Å². The van der Waals surface area contributed by atoms with Gasteiger partial charge in [-0.1, -0.05) is 48.9 Å². The number of hydrogen-bond donors (Lipinski definition) is 2. The Balaban J connectivity index is 1.45. The van der Waals surface area contributed by atoms with E-state index in [0.717, 1.165) is 25.7 Å². The van der Waals surface area contributed by atoms with Crippen molar-refractivity contribution in [2.75, 3.05) is 19.3 Å². The number of carbonyl (C=O) groups is 1. The third-order valence-corrected chi connectivity index (χ3v) is 6.73. The Hall–Kier alpha value is -1.88. The van der Waals surface area contributed by atoms with Crippen LogP contribution in [0.4, 0.5) is 4.79 Å². The zero-order valence-electron chi connectivity index (χ0n) is 14.0. The number of benzene rings is 2. The predicted octanol–water partition coefficient (Wildman–Crippen LogP) is 2.98. The van der Waals surface area contributed by atoms with Crippen LogP contribution in [0.3, 0.4) is 0 Å². The van der Waals surface area contributed by atoms with E-state index in [1.54, 1.807) is 6.26 Å².